The van der Waals surface area contributed by atoms with Gasteiger partial charge in [-0.1, -0.05) is 92.5 Å². The van der Waals surface area contributed by atoms with Gasteiger partial charge >= 0.3 is 0 Å². The Bertz CT molecular complexity index is 528. The van der Waals surface area contributed by atoms with Gasteiger partial charge in [0.15, 0.2) is 0 Å². The Kier molecular flexibility index (Phi) is 5.54. The van der Waals surface area contributed by atoms with Crippen LogP contribution in [0.4, 0.5) is 0 Å². The molecule has 0 aliphatic heterocycles. The van der Waals surface area contributed by atoms with Gasteiger partial charge in [0.05, 0.1) is 0 Å². The van der Waals surface area contributed by atoms with Crippen molar-refractivity contribution in [3.05, 3.63) is 80.8 Å². The van der Waals surface area contributed by atoms with Gasteiger partial charge in [0.2, 0.25) is 0 Å². The molecule has 2 aromatic carbocycles. The third-order valence-electron chi connectivity index (χ3n) is 2.94. The van der Waals surface area contributed by atoms with Gasteiger partial charge in [-0.3, -0.25) is 0 Å². The highest BCUT2D eigenvalue weighted by Gasteiger charge is 2.20. The molecule has 0 fully saturated rings. The standard InChI is InChI=1S/C16H14Br2O2/c17-13(15(19)11-7-3-1-4-8-11)14(18)16(20)12-9-5-2-6-10-12/h1-10,15-16,19-20H/b14-13+/t15-,16-/m0/s1. The highest BCUT2D eigenvalue weighted by atomic mass is 79.9. The van der Waals surface area contributed by atoms with Crippen LogP contribution >= 0.6 is 31.9 Å². The molecule has 20 heavy (non-hydrogen) atoms. The first-order valence-electron chi connectivity index (χ1n) is 6.12. The SMILES string of the molecule is O[C@H](/C(Br)=C(\Br)[C@@H](O)c1ccccc1)c1ccccc1. The maximum atomic E-state index is 10.3. The van der Waals surface area contributed by atoms with Crippen molar-refractivity contribution in [3.8, 4) is 0 Å². The average molecular weight is 398 g/mol. The van der Waals surface area contributed by atoms with Crippen LogP contribution in [0.2, 0.25) is 0 Å². The van der Waals surface area contributed by atoms with Crippen LogP contribution in [0.3, 0.4) is 0 Å². The molecule has 104 valence electrons. The minimum Gasteiger partial charge on any atom is -0.383 e. The van der Waals surface area contributed by atoms with Crippen molar-refractivity contribution in [2.24, 2.45) is 0 Å². The maximum Gasteiger partial charge on any atom is 0.111 e. The zero-order valence-electron chi connectivity index (χ0n) is 10.6. The summed E-state index contributed by atoms with van der Waals surface area (Å²) in [7, 11) is 0. The second-order valence-corrected chi connectivity index (χ2v) is 6.03. The summed E-state index contributed by atoms with van der Waals surface area (Å²) in [5.41, 5.74) is 1.52. The number of hydrogen-bond donors (Lipinski definition) is 2. The molecule has 0 amide bonds. The molecule has 0 spiro atoms. The van der Waals surface area contributed by atoms with Gasteiger partial charge in [0.1, 0.15) is 12.2 Å². The van der Waals surface area contributed by atoms with Gasteiger partial charge < -0.3 is 10.2 Å². The van der Waals surface area contributed by atoms with E-state index in [-0.39, 0.29) is 0 Å². The van der Waals surface area contributed by atoms with Gasteiger partial charge in [0, 0.05) is 8.96 Å². The average Bonchev–Trinajstić information content (AvgIpc) is 2.53. The number of benzene rings is 2. The van der Waals surface area contributed by atoms with Crippen LogP contribution in [0.15, 0.2) is 69.6 Å². The van der Waals surface area contributed by atoms with E-state index in [0.29, 0.717) is 8.96 Å². The molecule has 4 heteroatoms. The van der Waals surface area contributed by atoms with Gasteiger partial charge in [0.25, 0.3) is 0 Å². The Hall–Kier alpha value is -0.940. The van der Waals surface area contributed by atoms with Crippen molar-refractivity contribution in [3.63, 3.8) is 0 Å². The van der Waals surface area contributed by atoms with E-state index in [1.165, 1.54) is 0 Å². The minimum absolute atomic E-state index is 0.514. The second kappa shape index (κ2) is 7.18. The molecule has 2 nitrogen and oxygen atoms in total. The Morgan fingerprint density at radius 2 is 0.950 bits per heavy atom. The lowest BCUT2D eigenvalue weighted by Crippen LogP contribution is -2.03. The highest BCUT2D eigenvalue weighted by Crippen LogP contribution is 2.37. The third-order valence-corrected chi connectivity index (χ3v) is 5.19. The van der Waals surface area contributed by atoms with Crippen LogP contribution in [-0.4, -0.2) is 10.2 Å². The zero-order valence-corrected chi connectivity index (χ0v) is 13.8. The van der Waals surface area contributed by atoms with Crippen LogP contribution in [-0.2, 0) is 0 Å². The van der Waals surface area contributed by atoms with Crippen molar-refractivity contribution < 1.29 is 10.2 Å². The highest BCUT2D eigenvalue weighted by molar-refractivity contribution is 9.14. The fraction of sp³-hybridized carbons (Fsp3) is 0.125. The predicted molar refractivity (Wildman–Crippen MR) is 87.7 cm³/mol. The van der Waals surface area contributed by atoms with E-state index in [4.69, 9.17) is 0 Å². The van der Waals surface area contributed by atoms with E-state index in [1.807, 2.05) is 60.7 Å². The first-order valence-corrected chi connectivity index (χ1v) is 7.71. The van der Waals surface area contributed by atoms with Gasteiger partial charge in [-0.05, 0) is 11.1 Å². The maximum absolute atomic E-state index is 10.3. The van der Waals surface area contributed by atoms with Crippen molar-refractivity contribution in [2.45, 2.75) is 12.2 Å². The number of hydrogen-bond acceptors (Lipinski definition) is 2. The Morgan fingerprint density at radius 3 is 1.25 bits per heavy atom. The Labute approximate surface area is 135 Å². The summed E-state index contributed by atoms with van der Waals surface area (Å²) >= 11 is 6.73. The van der Waals surface area contributed by atoms with Crippen molar-refractivity contribution in [2.75, 3.05) is 0 Å². The second-order valence-electron chi connectivity index (χ2n) is 4.32. The number of rotatable bonds is 4. The molecule has 0 bridgehead atoms. The Balaban J connectivity index is 2.27. The first-order chi connectivity index (χ1) is 9.61. The molecule has 2 N–H and O–H groups in total. The van der Waals surface area contributed by atoms with E-state index in [9.17, 15) is 10.2 Å². The van der Waals surface area contributed by atoms with Crippen molar-refractivity contribution in [1.29, 1.82) is 0 Å². The van der Waals surface area contributed by atoms with Crippen LogP contribution in [0, 0.1) is 0 Å². The molecule has 0 aliphatic rings. The summed E-state index contributed by atoms with van der Waals surface area (Å²) < 4.78 is 1.03. The lowest BCUT2D eigenvalue weighted by molar-refractivity contribution is 0.207. The molecule has 0 radical (unpaired) electrons. The molecule has 0 saturated carbocycles. The van der Waals surface area contributed by atoms with E-state index < -0.39 is 12.2 Å². The van der Waals surface area contributed by atoms with Crippen molar-refractivity contribution in [1.82, 2.24) is 0 Å². The van der Waals surface area contributed by atoms with Crippen LogP contribution < -0.4 is 0 Å². The molecule has 0 aliphatic carbocycles. The van der Waals surface area contributed by atoms with Gasteiger partial charge in [-0.25, -0.2) is 0 Å². The lowest BCUT2D eigenvalue weighted by atomic mass is 10.1. The molecular formula is C16H14Br2O2. The number of aliphatic hydroxyl groups excluding tert-OH is 2. The normalized spacial score (nSPS) is 15.4. The van der Waals surface area contributed by atoms with Crippen LogP contribution in [0.1, 0.15) is 23.3 Å². The van der Waals surface area contributed by atoms with Gasteiger partial charge in [-0.15, -0.1) is 0 Å². The molecule has 0 saturated heterocycles. The minimum atomic E-state index is -0.816. The lowest BCUT2D eigenvalue weighted by Gasteiger charge is -2.16. The monoisotopic (exact) mass is 396 g/mol. The first kappa shape index (κ1) is 15.4. The molecular weight excluding hydrogens is 384 g/mol. The number of halogens is 2. The van der Waals surface area contributed by atoms with E-state index >= 15 is 0 Å². The van der Waals surface area contributed by atoms with Gasteiger partial charge in [-0.2, -0.15) is 0 Å². The van der Waals surface area contributed by atoms with Crippen LogP contribution in [0.5, 0.6) is 0 Å². The fourth-order valence-electron chi connectivity index (χ4n) is 1.82. The molecule has 2 aromatic rings. The molecule has 0 unspecified atom stereocenters. The van der Waals surface area contributed by atoms with E-state index in [0.717, 1.165) is 11.1 Å². The summed E-state index contributed by atoms with van der Waals surface area (Å²) in [4.78, 5) is 0. The van der Waals surface area contributed by atoms with E-state index in [1.54, 1.807) is 0 Å². The molecule has 2 rings (SSSR count). The molecule has 0 aromatic heterocycles. The molecule has 0 heterocycles. The summed E-state index contributed by atoms with van der Waals surface area (Å²) in [6, 6.07) is 18.6. The Morgan fingerprint density at radius 1 is 0.650 bits per heavy atom. The molecule has 2 atom stereocenters. The summed E-state index contributed by atoms with van der Waals surface area (Å²) in [6.07, 6.45) is -1.63. The summed E-state index contributed by atoms with van der Waals surface area (Å²) in [6.45, 7) is 0. The zero-order chi connectivity index (χ0) is 14.5. The quantitative estimate of drug-likeness (QED) is 0.799. The smallest absolute Gasteiger partial charge is 0.111 e. The summed E-state index contributed by atoms with van der Waals surface area (Å²) in [5.74, 6) is 0. The van der Waals surface area contributed by atoms with Crippen LogP contribution in [0.25, 0.3) is 0 Å². The summed E-state index contributed by atoms with van der Waals surface area (Å²) in [5, 5.41) is 20.6. The fourth-order valence-corrected chi connectivity index (χ4v) is 2.79. The third kappa shape index (κ3) is 3.58. The number of aliphatic hydroxyl groups is 2. The topological polar surface area (TPSA) is 40.5 Å². The predicted octanol–water partition coefficient (Wildman–Crippen LogP) is 4.46. The van der Waals surface area contributed by atoms with E-state index in [2.05, 4.69) is 31.9 Å². The van der Waals surface area contributed by atoms with Crippen molar-refractivity contribution >= 4 is 31.9 Å². The largest absolute Gasteiger partial charge is 0.383 e.